The molecule has 5 aromatic rings. The second kappa shape index (κ2) is 10.2. The highest BCUT2D eigenvalue weighted by Gasteiger charge is 2.31. The zero-order chi connectivity index (χ0) is 28.9. The summed E-state index contributed by atoms with van der Waals surface area (Å²) in [7, 11) is 0. The van der Waals surface area contributed by atoms with Gasteiger partial charge in [0.05, 0.1) is 29.8 Å². The topological polar surface area (TPSA) is 83.3 Å². The van der Waals surface area contributed by atoms with Crippen LogP contribution in [0.4, 0.5) is 0 Å². The van der Waals surface area contributed by atoms with Gasteiger partial charge in [-0.15, -0.1) is 0 Å². The van der Waals surface area contributed by atoms with Gasteiger partial charge in [0.15, 0.2) is 5.78 Å². The number of carbonyl (C=O) groups excluding carboxylic acids is 1. The third-order valence-electron chi connectivity index (χ3n) is 7.57. The molecule has 1 aliphatic heterocycles. The molecule has 0 radical (unpaired) electrons. The van der Waals surface area contributed by atoms with Crippen molar-refractivity contribution in [3.8, 4) is 16.9 Å². The average molecular weight is 548 g/mol. The van der Waals surface area contributed by atoms with Crippen LogP contribution in [-0.2, 0) is 22.5 Å². The second-order valence-electron chi connectivity index (χ2n) is 11.7. The van der Waals surface area contributed by atoms with Crippen molar-refractivity contribution in [1.82, 2.24) is 14.5 Å². The quantitative estimate of drug-likeness (QED) is 0.246. The monoisotopic (exact) mass is 547 g/mol. The van der Waals surface area contributed by atoms with Crippen LogP contribution in [0.3, 0.4) is 0 Å². The fourth-order valence-electron chi connectivity index (χ4n) is 5.85. The summed E-state index contributed by atoms with van der Waals surface area (Å²) in [6, 6.07) is 15.3. The van der Waals surface area contributed by atoms with Gasteiger partial charge < -0.3 is 14.0 Å². The van der Waals surface area contributed by atoms with E-state index in [9.17, 15) is 9.59 Å². The number of pyridine rings is 3. The van der Waals surface area contributed by atoms with Crippen molar-refractivity contribution in [3.05, 3.63) is 99.7 Å². The van der Waals surface area contributed by atoms with Crippen LogP contribution in [-0.4, -0.2) is 32.5 Å². The molecule has 3 aromatic heterocycles. The lowest BCUT2D eigenvalue weighted by atomic mass is 9.85. The molecule has 7 heteroatoms. The van der Waals surface area contributed by atoms with Gasteiger partial charge in [-0.05, 0) is 105 Å². The fraction of sp³-hybridized carbons (Fsp3) is 0.294. The van der Waals surface area contributed by atoms with Crippen LogP contribution in [0.5, 0.6) is 5.75 Å². The molecule has 208 valence electrons. The Labute approximate surface area is 238 Å². The van der Waals surface area contributed by atoms with Gasteiger partial charge in [-0.25, -0.2) is 0 Å². The Morgan fingerprint density at radius 1 is 1.07 bits per heavy atom. The molecule has 41 heavy (non-hydrogen) atoms. The van der Waals surface area contributed by atoms with E-state index >= 15 is 0 Å². The number of carbonyl (C=O) groups is 1. The minimum absolute atomic E-state index is 0.0900. The number of ketones is 1. The van der Waals surface area contributed by atoms with Crippen molar-refractivity contribution in [3.63, 3.8) is 0 Å². The smallest absolute Gasteiger partial charge is 0.251 e. The summed E-state index contributed by atoms with van der Waals surface area (Å²) in [5.41, 5.74) is 6.42. The van der Waals surface area contributed by atoms with Crippen LogP contribution < -0.4 is 10.3 Å². The van der Waals surface area contributed by atoms with E-state index in [-0.39, 0.29) is 11.3 Å². The zero-order valence-electron chi connectivity index (χ0n) is 24.0. The van der Waals surface area contributed by atoms with Gasteiger partial charge >= 0.3 is 0 Å². The molecular formula is C34H33N3O4. The predicted octanol–water partition coefficient (Wildman–Crippen LogP) is 6.35. The first-order valence-corrected chi connectivity index (χ1v) is 13.9. The van der Waals surface area contributed by atoms with Crippen molar-refractivity contribution < 1.29 is 14.3 Å². The average Bonchev–Trinajstić information content (AvgIpc) is 2.94. The standard InChI is InChI=1S/C34H33N3O4/c1-20-18-26-24(7-9-28(39)37(26)19-22-10-14-35-15-11-22)31(29(20)33(21(2)38)41-34(3,4)5)25-6-8-27-30-23(13-17-40-27)12-16-36-32(25)30/h6-12,14-16,18,33H,13,17,19H2,1-5H3. The largest absolute Gasteiger partial charge is 0.493 e. The van der Waals surface area contributed by atoms with Gasteiger partial charge in [0.25, 0.3) is 5.56 Å². The van der Waals surface area contributed by atoms with E-state index in [1.54, 1.807) is 30.0 Å². The number of aryl methyl sites for hydroxylation is 1. The molecular weight excluding hydrogens is 514 g/mol. The molecule has 0 fully saturated rings. The van der Waals surface area contributed by atoms with Crippen LogP contribution in [0.15, 0.2) is 71.9 Å². The Morgan fingerprint density at radius 3 is 2.59 bits per heavy atom. The summed E-state index contributed by atoms with van der Waals surface area (Å²) in [6.45, 7) is 10.4. The summed E-state index contributed by atoms with van der Waals surface area (Å²) >= 11 is 0. The summed E-state index contributed by atoms with van der Waals surface area (Å²) in [4.78, 5) is 35.5. The number of ether oxygens (including phenoxy) is 2. The molecule has 0 bridgehead atoms. The van der Waals surface area contributed by atoms with Crippen molar-refractivity contribution in [1.29, 1.82) is 0 Å². The highest BCUT2D eigenvalue weighted by Crippen LogP contribution is 2.45. The van der Waals surface area contributed by atoms with Gasteiger partial charge in [-0.3, -0.25) is 19.6 Å². The Bertz CT molecular complexity index is 1860. The number of fused-ring (bicyclic) bond motifs is 1. The number of benzene rings is 2. The van der Waals surface area contributed by atoms with Crippen LogP contribution in [0.1, 0.15) is 56.1 Å². The second-order valence-corrected chi connectivity index (χ2v) is 11.7. The molecule has 0 saturated carbocycles. The fourth-order valence-corrected chi connectivity index (χ4v) is 5.85. The number of aromatic nitrogens is 3. The molecule has 1 aliphatic rings. The first-order valence-electron chi connectivity index (χ1n) is 13.9. The molecule has 0 N–H and O–H groups in total. The van der Waals surface area contributed by atoms with Gasteiger partial charge in [-0.2, -0.15) is 0 Å². The summed E-state index contributed by atoms with van der Waals surface area (Å²) < 4.78 is 14.2. The molecule has 0 spiro atoms. The lowest BCUT2D eigenvalue weighted by Gasteiger charge is -2.30. The number of nitrogens with zero attached hydrogens (tertiary/aromatic N) is 3. The Hall–Kier alpha value is -4.36. The highest BCUT2D eigenvalue weighted by molar-refractivity contribution is 6.08. The van der Waals surface area contributed by atoms with Crippen LogP contribution >= 0.6 is 0 Å². The predicted molar refractivity (Wildman–Crippen MR) is 160 cm³/mol. The normalized spacial score (nSPS) is 13.8. The Balaban J connectivity index is 1.73. The Kier molecular flexibility index (Phi) is 6.70. The van der Waals surface area contributed by atoms with E-state index in [2.05, 4.69) is 4.98 Å². The summed E-state index contributed by atoms with van der Waals surface area (Å²) in [5, 5.41) is 1.83. The third-order valence-corrected chi connectivity index (χ3v) is 7.57. The van der Waals surface area contributed by atoms with E-state index in [1.165, 1.54) is 5.56 Å². The molecule has 0 amide bonds. The molecule has 1 unspecified atom stereocenters. The first-order chi connectivity index (χ1) is 19.6. The minimum atomic E-state index is -0.808. The maximum Gasteiger partial charge on any atom is 0.251 e. The SMILES string of the molecule is CC(=O)C(OC(C)(C)C)c1c(C)cc2c(ccc(=O)n2Cc2ccncc2)c1-c1ccc2c3c(ccnc13)CCO2. The lowest BCUT2D eigenvalue weighted by molar-refractivity contribution is -0.138. The number of hydrogen-bond donors (Lipinski definition) is 0. The highest BCUT2D eigenvalue weighted by atomic mass is 16.5. The van der Waals surface area contributed by atoms with E-state index in [1.807, 2.05) is 76.4 Å². The maximum atomic E-state index is 13.3. The van der Waals surface area contributed by atoms with Gasteiger partial charge in [0.2, 0.25) is 0 Å². The maximum absolute atomic E-state index is 13.3. The van der Waals surface area contributed by atoms with Crippen LogP contribution in [0.2, 0.25) is 0 Å². The summed E-state index contributed by atoms with van der Waals surface area (Å²) in [6.07, 6.45) is 5.28. The van der Waals surface area contributed by atoms with E-state index < -0.39 is 11.7 Å². The third kappa shape index (κ3) is 4.91. The molecule has 7 nitrogen and oxygen atoms in total. The molecule has 0 saturated heterocycles. The van der Waals surface area contributed by atoms with Gasteiger partial charge in [0, 0.05) is 47.4 Å². The lowest BCUT2D eigenvalue weighted by Crippen LogP contribution is -2.27. The molecule has 0 aliphatic carbocycles. The molecule has 2 aromatic carbocycles. The Morgan fingerprint density at radius 2 is 1.85 bits per heavy atom. The molecule has 6 rings (SSSR count). The van der Waals surface area contributed by atoms with E-state index in [4.69, 9.17) is 14.5 Å². The van der Waals surface area contributed by atoms with Crippen molar-refractivity contribution in [2.45, 2.75) is 59.3 Å². The van der Waals surface area contributed by atoms with Crippen LogP contribution in [0, 0.1) is 6.92 Å². The first kappa shape index (κ1) is 26.8. The van der Waals surface area contributed by atoms with E-state index in [0.29, 0.717) is 13.2 Å². The minimum Gasteiger partial charge on any atom is -0.493 e. The molecule has 4 heterocycles. The van der Waals surface area contributed by atoms with Crippen molar-refractivity contribution in [2.24, 2.45) is 0 Å². The van der Waals surface area contributed by atoms with Crippen molar-refractivity contribution >= 4 is 27.6 Å². The number of rotatable bonds is 6. The van der Waals surface area contributed by atoms with E-state index in [0.717, 1.165) is 61.8 Å². The van der Waals surface area contributed by atoms with Crippen LogP contribution in [0.25, 0.3) is 32.9 Å². The number of Topliss-reactive ketones (excluding diaryl/α,β-unsaturated/α-hetero) is 1. The summed E-state index contributed by atoms with van der Waals surface area (Å²) in [5.74, 6) is 0.716. The zero-order valence-corrected chi connectivity index (χ0v) is 24.0. The number of hydrogen-bond acceptors (Lipinski definition) is 6. The molecule has 1 atom stereocenters. The van der Waals surface area contributed by atoms with Crippen molar-refractivity contribution in [2.75, 3.05) is 6.61 Å². The van der Waals surface area contributed by atoms with Gasteiger partial charge in [-0.1, -0.05) is 0 Å². The van der Waals surface area contributed by atoms with Gasteiger partial charge in [0.1, 0.15) is 11.9 Å².